The van der Waals surface area contributed by atoms with Gasteiger partial charge in [0.2, 0.25) is 11.8 Å². The van der Waals surface area contributed by atoms with Crippen LogP contribution in [-0.4, -0.2) is 24.6 Å². The molecule has 2 atom stereocenters. The lowest BCUT2D eigenvalue weighted by atomic mass is 9.47. The van der Waals surface area contributed by atoms with E-state index >= 15 is 0 Å². The highest BCUT2D eigenvalue weighted by atomic mass is 16.5. The van der Waals surface area contributed by atoms with Crippen LogP contribution in [0.15, 0.2) is 120 Å². The zero-order valence-electron chi connectivity index (χ0n) is 23.1. The monoisotopic (exact) mass is 548 g/mol. The van der Waals surface area contributed by atoms with Crippen LogP contribution in [0.25, 0.3) is 10.8 Å². The van der Waals surface area contributed by atoms with Crippen LogP contribution in [0.4, 0.5) is 11.4 Å². The highest BCUT2D eigenvalue weighted by Crippen LogP contribution is 2.64. The molecule has 0 spiro atoms. The summed E-state index contributed by atoms with van der Waals surface area (Å²) in [6.45, 7) is 2.55. The molecule has 2 bridgehead atoms. The number of carbonyl (C=O) groups is 2. The van der Waals surface area contributed by atoms with Crippen LogP contribution in [0, 0.1) is 11.8 Å². The third-order valence-corrected chi connectivity index (χ3v) is 9.26. The first-order valence-corrected chi connectivity index (χ1v) is 14.5. The van der Waals surface area contributed by atoms with E-state index in [-0.39, 0.29) is 17.7 Å². The number of hydrogen-bond donors (Lipinski definition) is 0. The van der Waals surface area contributed by atoms with E-state index in [0.717, 1.165) is 44.5 Å². The molecule has 0 aromatic heterocycles. The molecule has 1 heterocycles. The Hall–Kier alpha value is -5.03. The molecule has 2 amide bonds. The average molecular weight is 549 g/mol. The number of rotatable bonds is 5. The number of nitrogens with zero attached hydrogens (tertiary/aromatic N) is 2. The Kier molecular flexibility index (Phi) is 5.45. The van der Waals surface area contributed by atoms with Crippen molar-refractivity contribution in [1.82, 2.24) is 0 Å². The van der Waals surface area contributed by atoms with Crippen LogP contribution in [-0.2, 0) is 15.0 Å². The smallest absolute Gasteiger partial charge is 0.239 e. The summed E-state index contributed by atoms with van der Waals surface area (Å²) in [5, 5.41) is 1.88. The Morgan fingerprint density at radius 3 is 2.12 bits per heavy atom. The van der Waals surface area contributed by atoms with Gasteiger partial charge in [0.05, 0.1) is 35.2 Å². The first kappa shape index (κ1) is 24.7. The van der Waals surface area contributed by atoms with Gasteiger partial charge in [-0.3, -0.25) is 14.6 Å². The first-order valence-electron chi connectivity index (χ1n) is 14.5. The van der Waals surface area contributed by atoms with Gasteiger partial charge in [0.1, 0.15) is 5.75 Å². The number of aliphatic imine (C=N–C) groups is 1. The molecule has 0 saturated carbocycles. The topological polar surface area (TPSA) is 59.0 Å². The molecule has 0 N–H and O–H groups in total. The predicted octanol–water partition coefficient (Wildman–Crippen LogP) is 7.19. The lowest BCUT2D eigenvalue weighted by Crippen LogP contribution is -2.54. The minimum absolute atomic E-state index is 0.144. The Labute approximate surface area is 244 Å². The molecular weight excluding hydrogens is 520 g/mol. The Morgan fingerprint density at radius 2 is 1.40 bits per heavy atom. The minimum Gasteiger partial charge on any atom is -0.494 e. The molecule has 0 unspecified atom stereocenters. The summed E-state index contributed by atoms with van der Waals surface area (Å²) in [7, 11) is 0. The van der Waals surface area contributed by atoms with Gasteiger partial charge in [-0.15, -0.1) is 0 Å². The maximum absolute atomic E-state index is 14.8. The number of fused-ring (bicyclic) bond motifs is 1. The quantitative estimate of drug-likeness (QED) is 0.173. The van der Waals surface area contributed by atoms with E-state index in [9.17, 15) is 9.59 Å². The van der Waals surface area contributed by atoms with Crippen molar-refractivity contribution in [2.24, 2.45) is 16.8 Å². The molecule has 5 aromatic rings. The van der Waals surface area contributed by atoms with Crippen LogP contribution in [0.3, 0.4) is 0 Å². The third kappa shape index (κ3) is 3.28. The van der Waals surface area contributed by atoms with Gasteiger partial charge in [0.15, 0.2) is 0 Å². The van der Waals surface area contributed by atoms with Gasteiger partial charge in [-0.05, 0) is 64.9 Å². The summed E-state index contributed by atoms with van der Waals surface area (Å²) in [4.78, 5) is 35.8. The minimum atomic E-state index is -0.905. The Bertz CT molecular complexity index is 1870. The third-order valence-electron chi connectivity index (χ3n) is 9.26. The summed E-state index contributed by atoms with van der Waals surface area (Å²) in [6.07, 6.45) is 1.94. The molecule has 5 heteroatoms. The van der Waals surface area contributed by atoms with E-state index in [1.54, 1.807) is 0 Å². The van der Waals surface area contributed by atoms with E-state index in [0.29, 0.717) is 12.3 Å². The first-order chi connectivity index (χ1) is 20.6. The summed E-state index contributed by atoms with van der Waals surface area (Å²) >= 11 is 0. The molecule has 5 nitrogen and oxygen atoms in total. The van der Waals surface area contributed by atoms with Crippen molar-refractivity contribution >= 4 is 40.2 Å². The zero-order chi connectivity index (χ0) is 28.4. The van der Waals surface area contributed by atoms with Crippen molar-refractivity contribution < 1.29 is 14.3 Å². The largest absolute Gasteiger partial charge is 0.494 e. The van der Waals surface area contributed by atoms with Crippen LogP contribution in [0.5, 0.6) is 5.75 Å². The van der Waals surface area contributed by atoms with E-state index in [2.05, 4.69) is 24.3 Å². The highest BCUT2D eigenvalue weighted by molar-refractivity contribution is 6.27. The van der Waals surface area contributed by atoms with Gasteiger partial charge >= 0.3 is 0 Å². The van der Waals surface area contributed by atoms with Gasteiger partial charge in [-0.2, -0.15) is 0 Å². The summed E-state index contributed by atoms with van der Waals surface area (Å²) in [5.41, 5.74) is 4.78. The molecule has 1 aliphatic heterocycles. The van der Waals surface area contributed by atoms with Crippen LogP contribution in [0.1, 0.15) is 35.1 Å². The fourth-order valence-electron chi connectivity index (χ4n) is 7.66. The van der Waals surface area contributed by atoms with Gasteiger partial charge in [0.25, 0.3) is 0 Å². The lowest BCUT2D eigenvalue weighted by molar-refractivity contribution is -0.122. The number of hydrogen-bond acceptors (Lipinski definition) is 4. The van der Waals surface area contributed by atoms with Gasteiger partial charge in [0, 0.05) is 17.5 Å². The number of imide groups is 1. The van der Waals surface area contributed by atoms with Gasteiger partial charge in [-0.1, -0.05) is 84.9 Å². The van der Waals surface area contributed by atoms with Gasteiger partial charge < -0.3 is 4.74 Å². The second-order valence-corrected chi connectivity index (χ2v) is 11.2. The van der Waals surface area contributed by atoms with Gasteiger partial charge in [-0.25, -0.2) is 4.90 Å². The second-order valence-electron chi connectivity index (χ2n) is 11.2. The van der Waals surface area contributed by atoms with E-state index in [4.69, 9.17) is 9.73 Å². The summed E-state index contributed by atoms with van der Waals surface area (Å²) in [6, 6.07) is 37.9. The Balaban J connectivity index is 1.36. The molecular formula is C37H28N2O3. The molecule has 42 heavy (non-hydrogen) atoms. The van der Waals surface area contributed by atoms with Crippen molar-refractivity contribution in [1.29, 1.82) is 0 Å². The summed E-state index contributed by atoms with van der Waals surface area (Å²) < 4.78 is 5.62. The van der Waals surface area contributed by atoms with Crippen LogP contribution >= 0.6 is 0 Å². The zero-order valence-corrected chi connectivity index (χ0v) is 23.1. The molecule has 0 radical (unpaired) electrons. The van der Waals surface area contributed by atoms with E-state index in [1.165, 1.54) is 4.90 Å². The number of anilines is 1. The predicted molar refractivity (Wildman–Crippen MR) is 165 cm³/mol. The van der Waals surface area contributed by atoms with Crippen molar-refractivity contribution in [3.8, 4) is 5.75 Å². The average Bonchev–Trinajstić information content (AvgIpc) is 3.31. The number of carbonyl (C=O) groups excluding carboxylic acids is 2. The molecule has 1 saturated heterocycles. The van der Waals surface area contributed by atoms with Crippen LogP contribution in [0.2, 0.25) is 0 Å². The molecule has 204 valence electrons. The number of amides is 2. The number of ether oxygens (including phenoxy) is 1. The highest BCUT2D eigenvalue weighted by Gasteiger charge is 2.68. The lowest BCUT2D eigenvalue weighted by Gasteiger charge is -2.52. The van der Waals surface area contributed by atoms with E-state index in [1.807, 2.05) is 104 Å². The molecule has 1 fully saturated rings. The van der Waals surface area contributed by atoms with E-state index < -0.39 is 17.3 Å². The maximum Gasteiger partial charge on any atom is 0.239 e. The van der Waals surface area contributed by atoms with Crippen molar-refractivity contribution in [3.05, 3.63) is 138 Å². The fraction of sp³-hybridized carbons (Fsp3) is 0.162. The van der Waals surface area contributed by atoms with Crippen molar-refractivity contribution in [2.45, 2.75) is 18.3 Å². The SMILES string of the molecule is CCOc1ccc(N=CC23c4ccccc4C(c4ccccc42)[C@@H]2C(=O)N(c4cccc5ccccc45)C(=O)[C@@H]23)cc1. The van der Waals surface area contributed by atoms with Crippen LogP contribution < -0.4 is 9.64 Å². The second kappa shape index (κ2) is 9.25. The molecule has 9 rings (SSSR count). The number of benzene rings is 5. The molecule has 3 aliphatic carbocycles. The van der Waals surface area contributed by atoms with Crippen molar-refractivity contribution in [3.63, 3.8) is 0 Å². The molecule has 5 aromatic carbocycles. The Morgan fingerprint density at radius 1 is 0.762 bits per heavy atom. The molecule has 4 aliphatic rings. The summed E-state index contributed by atoms with van der Waals surface area (Å²) in [5.74, 6) is -0.897. The fourth-order valence-corrected chi connectivity index (χ4v) is 7.66. The maximum atomic E-state index is 14.8. The van der Waals surface area contributed by atoms with Crippen molar-refractivity contribution in [2.75, 3.05) is 11.5 Å². The standard InChI is InChI=1S/C37H28N2O3/c1-2-42-25-20-18-24(19-21-25)38-22-37-29-15-7-5-13-27(29)32(28-14-6-8-16-30(28)37)33-34(37)36(41)39(35(33)40)31-17-9-11-23-10-3-4-12-26(23)31/h3-22,32-34H,2H2,1H3/t32?,33-,34+,37?/m0/s1. The normalized spacial score (nSPS) is 23.7.